The fraction of sp³-hybridized carbons (Fsp3) is 0.0870. The second-order valence-corrected chi connectivity index (χ2v) is 7.98. The molecule has 1 amide bonds. The number of nitrogens with one attached hydrogen (secondary N) is 1. The number of carbonyl (C=O) groups is 1. The first-order chi connectivity index (χ1) is 15.2. The lowest BCUT2D eigenvalue weighted by Gasteiger charge is -2.11. The van der Waals surface area contributed by atoms with Crippen LogP contribution in [0.4, 0.5) is 0 Å². The Hall–Kier alpha value is -3.91. The van der Waals surface area contributed by atoms with Crippen molar-refractivity contribution in [2.24, 2.45) is 0 Å². The number of benzene rings is 2. The molecule has 31 heavy (non-hydrogen) atoms. The first kappa shape index (κ1) is 19.1. The molecule has 0 fully saturated rings. The predicted molar refractivity (Wildman–Crippen MR) is 120 cm³/mol. The fourth-order valence-electron chi connectivity index (χ4n) is 3.40. The van der Waals surface area contributed by atoms with Crippen LogP contribution in [0.3, 0.4) is 0 Å². The third kappa shape index (κ3) is 3.80. The molecule has 3 aromatic heterocycles. The second-order valence-electron chi connectivity index (χ2n) is 6.95. The highest BCUT2D eigenvalue weighted by atomic mass is 32.1. The van der Waals surface area contributed by atoms with E-state index in [1.165, 1.54) is 16.0 Å². The van der Waals surface area contributed by atoms with Crippen LogP contribution in [-0.4, -0.2) is 25.7 Å². The van der Waals surface area contributed by atoms with Crippen LogP contribution in [0, 0.1) is 0 Å². The normalized spacial score (nSPS) is 11.1. The van der Waals surface area contributed by atoms with Gasteiger partial charge in [0.1, 0.15) is 0 Å². The Morgan fingerprint density at radius 2 is 1.74 bits per heavy atom. The maximum absolute atomic E-state index is 12.9. The average Bonchev–Trinajstić information content (AvgIpc) is 3.25. The molecule has 152 valence electrons. The van der Waals surface area contributed by atoms with E-state index < -0.39 is 0 Å². The van der Waals surface area contributed by atoms with E-state index in [0.29, 0.717) is 16.1 Å². The maximum Gasteiger partial charge on any atom is 0.280 e. The Bertz CT molecular complexity index is 1430. The van der Waals surface area contributed by atoms with Gasteiger partial charge in [-0.3, -0.25) is 14.6 Å². The lowest BCUT2D eigenvalue weighted by atomic mass is 10.1. The molecule has 0 aliphatic rings. The smallest absolute Gasteiger partial charge is 0.280 e. The van der Waals surface area contributed by atoms with Crippen molar-refractivity contribution in [3.05, 3.63) is 99.7 Å². The summed E-state index contributed by atoms with van der Waals surface area (Å²) in [7, 11) is 0. The minimum Gasteiger partial charge on any atom is -0.344 e. The Labute approximate surface area is 181 Å². The van der Waals surface area contributed by atoms with Gasteiger partial charge in [0.15, 0.2) is 5.01 Å². The minimum absolute atomic E-state index is 0.178. The molecule has 0 saturated heterocycles. The third-order valence-electron chi connectivity index (χ3n) is 4.89. The topological polar surface area (TPSA) is 89.8 Å². The lowest BCUT2D eigenvalue weighted by molar-refractivity contribution is 0.0950. The molecular weight excluding hydrogens is 410 g/mol. The molecule has 5 aromatic rings. The van der Waals surface area contributed by atoms with Gasteiger partial charge in [-0.2, -0.15) is 5.10 Å². The van der Waals surface area contributed by atoms with E-state index >= 15 is 0 Å². The quantitative estimate of drug-likeness (QED) is 0.464. The van der Waals surface area contributed by atoms with Crippen molar-refractivity contribution in [3.63, 3.8) is 0 Å². The van der Waals surface area contributed by atoms with Gasteiger partial charge in [-0.25, -0.2) is 9.67 Å². The Balaban J connectivity index is 1.46. The van der Waals surface area contributed by atoms with Gasteiger partial charge in [0, 0.05) is 11.6 Å². The van der Waals surface area contributed by atoms with Crippen LogP contribution in [0.15, 0.2) is 77.7 Å². The van der Waals surface area contributed by atoms with Gasteiger partial charge in [0.2, 0.25) is 0 Å². The maximum atomic E-state index is 12.9. The van der Waals surface area contributed by atoms with Crippen molar-refractivity contribution in [2.45, 2.75) is 13.1 Å². The number of nitrogens with zero attached hydrogens (tertiary/aromatic N) is 4. The van der Waals surface area contributed by atoms with Crippen LogP contribution in [-0.2, 0) is 13.1 Å². The van der Waals surface area contributed by atoms with E-state index in [4.69, 9.17) is 0 Å². The van der Waals surface area contributed by atoms with Crippen LogP contribution in [0.5, 0.6) is 0 Å². The monoisotopic (exact) mass is 427 g/mol. The molecule has 0 aliphatic heterocycles. The summed E-state index contributed by atoms with van der Waals surface area (Å²) in [4.78, 5) is 34.3. The van der Waals surface area contributed by atoms with E-state index in [9.17, 15) is 9.59 Å². The van der Waals surface area contributed by atoms with Crippen molar-refractivity contribution >= 4 is 38.2 Å². The van der Waals surface area contributed by atoms with Crippen LogP contribution in [0.25, 0.3) is 21.0 Å². The van der Waals surface area contributed by atoms with E-state index in [1.54, 1.807) is 12.3 Å². The molecule has 0 bridgehead atoms. The molecule has 0 atom stereocenters. The first-order valence-corrected chi connectivity index (χ1v) is 10.5. The van der Waals surface area contributed by atoms with Crippen LogP contribution in [0.1, 0.15) is 21.2 Å². The van der Waals surface area contributed by atoms with E-state index in [0.717, 1.165) is 21.3 Å². The highest BCUT2D eigenvalue weighted by Crippen LogP contribution is 2.21. The number of para-hydroxylation sites is 1. The molecular formula is C23H17N5O2S. The number of hydrogen-bond donors (Lipinski definition) is 1. The molecule has 3 heterocycles. The summed E-state index contributed by atoms with van der Waals surface area (Å²) in [5, 5.41) is 9.10. The zero-order chi connectivity index (χ0) is 21.2. The van der Waals surface area contributed by atoms with Crippen molar-refractivity contribution < 1.29 is 4.79 Å². The van der Waals surface area contributed by atoms with E-state index in [1.807, 2.05) is 60.7 Å². The molecule has 2 aromatic carbocycles. The van der Waals surface area contributed by atoms with Gasteiger partial charge < -0.3 is 5.32 Å². The fourth-order valence-corrected chi connectivity index (χ4v) is 4.28. The Morgan fingerprint density at radius 3 is 2.55 bits per heavy atom. The van der Waals surface area contributed by atoms with Crippen LogP contribution in [0.2, 0.25) is 0 Å². The molecule has 8 heteroatoms. The Morgan fingerprint density at radius 1 is 0.968 bits per heavy atom. The zero-order valence-corrected chi connectivity index (χ0v) is 17.2. The molecule has 5 rings (SSSR count). The number of carbonyl (C=O) groups excluding carboxylic acids is 1. The molecule has 7 nitrogen and oxygen atoms in total. The summed E-state index contributed by atoms with van der Waals surface area (Å²) in [6.07, 6.45) is 1.68. The standard InChI is InChI=1S/C23H17N5O2S/c29-21(22-26-18-10-3-4-11-20(18)31-22)25-13-19-16-8-1-2-9-17(16)23(30)28(27-19)14-15-7-5-6-12-24-15/h1-12H,13-14H2,(H,25,29). The summed E-state index contributed by atoms with van der Waals surface area (Å²) < 4.78 is 2.35. The number of rotatable bonds is 5. The van der Waals surface area contributed by atoms with Crippen LogP contribution >= 0.6 is 11.3 Å². The summed E-state index contributed by atoms with van der Waals surface area (Å²) in [5.41, 5.74) is 1.95. The number of amides is 1. The summed E-state index contributed by atoms with van der Waals surface area (Å²) in [6.45, 7) is 0.432. The average molecular weight is 427 g/mol. The van der Waals surface area contributed by atoms with Crippen molar-refractivity contribution in [1.29, 1.82) is 0 Å². The zero-order valence-electron chi connectivity index (χ0n) is 16.4. The summed E-state index contributed by atoms with van der Waals surface area (Å²) >= 11 is 1.34. The van der Waals surface area contributed by atoms with Gasteiger partial charge in [-0.1, -0.05) is 36.4 Å². The summed E-state index contributed by atoms with van der Waals surface area (Å²) in [6, 6.07) is 20.4. The number of aromatic nitrogens is 4. The van der Waals surface area contributed by atoms with E-state index in [2.05, 4.69) is 20.4 Å². The van der Waals surface area contributed by atoms with Gasteiger partial charge >= 0.3 is 0 Å². The molecule has 0 saturated carbocycles. The molecule has 0 aliphatic carbocycles. The second kappa shape index (κ2) is 8.08. The van der Waals surface area contributed by atoms with Gasteiger partial charge in [-0.05, 0) is 30.3 Å². The number of fused-ring (bicyclic) bond motifs is 2. The Kier molecular flexibility index (Phi) is 4.97. The summed E-state index contributed by atoms with van der Waals surface area (Å²) in [5.74, 6) is -0.269. The molecule has 0 unspecified atom stereocenters. The third-order valence-corrected chi connectivity index (χ3v) is 5.92. The SMILES string of the molecule is O=C(NCc1nn(Cc2ccccn2)c(=O)c2ccccc12)c1nc2ccccc2s1. The molecule has 0 spiro atoms. The number of hydrogen-bond acceptors (Lipinski definition) is 6. The minimum atomic E-state index is -0.269. The van der Waals surface area contributed by atoms with Gasteiger partial charge in [-0.15, -0.1) is 11.3 Å². The largest absolute Gasteiger partial charge is 0.344 e. The molecule has 1 N–H and O–H groups in total. The van der Waals surface area contributed by atoms with Crippen molar-refractivity contribution in [1.82, 2.24) is 25.1 Å². The highest BCUT2D eigenvalue weighted by Gasteiger charge is 2.15. The lowest BCUT2D eigenvalue weighted by Crippen LogP contribution is -2.29. The van der Waals surface area contributed by atoms with Gasteiger partial charge in [0.05, 0.1) is 40.1 Å². The predicted octanol–water partition coefficient (Wildman–Crippen LogP) is 3.38. The van der Waals surface area contributed by atoms with Crippen LogP contribution < -0.4 is 10.9 Å². The van der Waals surface area contributed by atoms with Gasteiger partial charge in [0.25, 0.3) is 11.5 Å². The number of pyridine rings is 1. The van der Waals surface area contributed by atoms with Crippen molar-refractivity contribution in [2.75, 3.05) is 0 Å². The molecule has 0 radical (unpaired) electrons. The number of thiazole rings is 1. The first-order valence-electron chi connectivity index (χ1n) is 9.71. The van der Waals surface area contributed by atoms with Crippen molar-refractivity contribution in [3.8, 4) is 0 Å². The van der Waals surface area contributed by atoms with E-state index in [-0.39, 0.29) is 24.6 Å². The highest BCUT2D eigenvalue weighted by molar-refractivity contribution is 7.20.